The maximum atomic E-state index is 14.1. The average Bonchev–Trinajstić information content (AvgIpc) is 3.17. The Balaban J connectivity index is 1.71. The third kappa shape index (κ3) is 3.03. The first-order valence-electron chi connectivity index (χ1n) is 10.9. The molecule has 0 radical (unpaired) electrons. The standard InChI is InChI=1S/C26H24N2O4S/c1-3-19-11-13-21(14-12-19)28-24(29)17-33(31,32)26(28)22-9-4-5-10-23(22)27(25(26)30)16-20-8-6-7-18(2)15-20/h4-15H,3,16-17H2,1-2H3/t26-/m0/s1. The van der Waals surface area contributed by atoms with Gasteiger partial charge in [-0.3, -0.25) is 14.5 Å². The normalized spacial score (nSPS) is 21.2. The summed E-state index contributed by atoms with van der Waals surface area (Å²) in [6.07, 6.45) is 0.809. The molecule has 6 nitrogen and oxygen atoms in total. The van der Waals surface area contributed by atoms with E-state index in [0.29, 0.717) is 16.9 Å². The number of aryl methyl sites for hydroxylation is 2. The molecule has 2 aliphatic heterocycles. The first-order valence-corrected chi connectivity index (χ1v) is 12.6. The van der Waals surface area contributed by atoms with Gasteiger partial charge in [0.15, 0.2) is 9.84 Å². The fourth-order valence-corrected chi connectivity index (χ4v) is 6.95. The summed E-state index contributed by atoms with van der Waals surface area (Å²) >= 11 is 0. The van der Waals surface area contributed by atoms with Crippen LogP contribution in [-0.2, 0) is 37.3 Å². The number of sulfone groups is 1. The van der Waals surface area contributed by atoms with Crippen LogP contribution in [0.2, 0.25) is 0 Å². The highest BCUT2D eigenvalue weighted by Crippen LogP contribution is 2.52. The number of hydrogen-bond acceptors (Lipinski definition) is 4. The van der Waals surface area contributed by atoms with Gasteiger partial charge in [0, 0.05) is 11.3 Å². The van der Waals surface area contributed by atoms with Gasteiger partial charge < -0.3 is 4.90 Å². The van der Waals surface area contributed by atoms with Crippen molar-refractivity contribution < 1.29 is 18.0 Å². The zero-order valence-electron chi connectivity index (χ0n) is 18.5. The van der Waals surface area contributed by atoms with Gasteiger partial charge >= 0.3 is 0 Å². The van der Waals surface area contributed by atoms with Crippen molar-refractivity contribution in [1.82, 2.24) is 0 Å². The van der Waals surface area contributed by atoms with E-state index in [9.17, 15) is 18.0 Å². The molecule has 0 unspecified atom stereocenters. The molecule has 5 rings (SSSR count). The van der Waals surface area contributed by atoms with E-state index >= 15 is 0 Å². The largest absolute Gasteiger partial charge is 0.304 e. The topological polar surface area (TPSA) is 74.8 Å². The van der Waals surface area contributed by atoms with Crippen molar-refractivity contribution in [2.24, 2.45) is 0 Å². The average molecular weight is 461 g/mol. The second-order valence-corrected chi connectivity index (χ2v) is 10.7. The van der Waals surface area contributed by atoms with Gasteiger partial charge in [-0.25, -0.2) is 8.42 Å². The maximum absolute atomic E-state index is 14.1. The summed E-state index contributed by atoms with van der Waals surface area (Å²) in [4.78, 5) is 27.8. The van der Waals surface area contributed by atoms with Crippen molar-refractivity contribution in [2.75, 3.05) is 15.6 Å². The predicted molar refractivity (Wildman–Crippen MR) is 128 cm³/mol. The van der Waals surface area contributed by atoms with E-state index in [1.807, 2.05) is 50.2 Å². The smallest absolute Gasteiger partial charge is 0.274 e. The van der Waals surface area contributed by atoms with Gasteiger partial charge in [-0.2, -0.15) is 0 Å². The van der Waals surface area contributed by atoms with Crippen LogP contribution < -0.4 is 9.80 Å². The third-order valence-electron chi connectivity index (χ3n) is 6.45. The first-order chi connectivity index (χ1) is 15.8. The fraction of sp³-hybridized carbons (Fsp3) is 0.231. The van der Waals surface area contributed by atoms with Crippen LogP contribution in [0.25, 0.3) is 0 Å². The molecule has 1 spiro atoms. The minimum Gasteiger partial charge on any atom is -0.304 e. The SMILES string of the molecule is CCc1ccc(N2C(=O)CS(=O)(=O)[C@@]23C(=O)N(Cc2cccc(C)c2)c2ccccc23)cc1. The van der Waals surface area contributed by atoms with Gasteiger partial charge in [0.25, 0.3) is 10.8 Å². The Hall–Kier alpha value is -3.45. The maximum Gasteiger partial charge on any atom is 0.274 e. The molecule has 1 saturated heterocycles. The van der Waals surface area contributed by atoms with Crippen LogP contribution in [0.1, 0.15) is 29.2 Å². The molecule has 0 saturated carbocycles. The minimum atomic E-state index is -4.16. The molecule has 2 heterocycles. The number of benzene rings is 3. The van der Waals surface area contributed by atoms with Crippen LogP contribution in [-0.4, -0.2) is 26.0 Å². The number of fused-ring (bicyclic) bond motifs is 2. The highest BCUT2D eigenvalue weighted by molar-refractivity contribution is 7.94. The van der Waals surface area contributed by atoms with Crippen molar-refractivity contribution in [3.63, 3.8) is 0 Å². The van der Waals surface area contributed by atoms with Crippen LogP contribution >= 0.6 is 0 Å². The zero-order chi connectivity index (χ0) is 23.4. The van der Waals surface area contributed by atoms with Crippen LogP contribution in [0.3, 0.4) is 0 Å². The number of amides is 2. The van der Waals surface area contributed by atoms with E-state index < -0.39 is 32.3 Å². The molecule has 3 aromatic carbocycles. The highest BCUT2D eigenvalue weighted by Gasteiger charge is 2.69. The van der Waals surface area contributed by atoms with E-state index in [0.717, 1.165) is 23.1 Å². The number of hydrogen-bond donors (Lipinski definition) is 0. The summed E-state index contributed by atoms with van der Waals surface area (Å²) in [6, 6.07) is 21.8. The Morgan fingerprint density at radius 3 is 2.33 bits per heavy atom. The quantitative estimate of drug-likeness (QED) is 0.595. The van der Waals surface area contributed by atoms with Crippen molar-refractivity contribution in [1.29, 1.82) is 0 Å². The molecule has 168 valence electrons. The van der Waals surface area contributed by atoms with E-state index in [1.54, 1.807) is 36.4 Å². The van der Waals surface area contributed by atoms with E-state index in [1.165, 1.54) is 9.80 Å². The van der Waals surface area contributed by atoms with Gasteiger partial charge in [0.1, 0.15) is 5.75 Å². The van der Waals surface area contributed by atoms with Crippen LogP contribution in [0.5, 0.6) is 0 Å². The molecule has 33 heavy (non-hydrogen) atoms. The molecular formula is C26H24N2O4S. The Labute approximate surface area is 193 Å². The van der Waals surface area contributed by atoms with Gasteiger partial charge in [-0.15, -0.1) is 0 Å². The summed E-state index contributed by atoms with van der Waals surface area (Å²) in [7, 11) is -4.16. The van der Waals surface area contributed by atoms with E-state index in [4.69, 9.17) is 0 Å². The summed E-state index contributed by atoms with van der Waals surface area (Å²) in [5, 5.41) is 0. The van der Waals surface area contributed by atoms with E-state index in [2.05, 4.69) is 0 Å². The van der Waals surface area contributed by atoms with Gasteiger partial charge in [-0.05, 0) is 42.7 Å². The Morgan fingerprint density at radius 2 is 1.64 bits per heavy atom. The van der Waals surface area contributed by atoms with Crippen molar-refractivity contribution in [3.05, 3.63) is 95.1 Å². The summed E-state index contributed by atoms with van der Waals surface area (Å²) in [5.74, 6) is -1.92. The minimum absolute atomic E-state index is 0.214. The summed E-state index contributed by atoms with van der Waals surface area (Å²) in [6.45, 7) is 4.19. The second-order valence-electron chi connectivity index (χ2n) is 8.55. The van der Waals surface area contributed by atoms with Gasteiger partial charge in [0.05, 0.1) is 12.2 Å². The summed E-state index contributed by atoms with van der Waals surface area (Å²) in [5.41, 5.74) is 4.23. The monoisotopic (exact) mass is 460 g/mol. The third-order valence-corrected chi connectivity index (χ3v) is 8.55. The molecule has 2 amide bonds. The highest BCUT2D eigenvalue weighted by atomic mass is 32.2. The number of anilines is 2. The lowest BCUT2D eigenvalue weighted by Crippen LogP contribution is -2.54. The lowest BCUT2D eigenvalue weighted by Gasteiger charge is -2.32. The molecular weight excluding hydrogens is 436 g/mol. The van der Waals surface area contributed by atoms with Crippen molar-refractivity contribution >= 4 is 33.0 Å². The Kier molecular flexibility index (Phi) is 4.90. The molecule has 3 aromatic rings. The first kappa shape index (κ1) is 21.4. The second kappa shape index (κ2) is 7.56. The molecule has 0 aliphatic carbocycles. The van der Waals surface area contributed by atoms with Gasteiger partial charge in [0.2, 0.25) is 5.91 Å². The van der Waals surface area contributed by atoms with Crippen LogP contribution in [0.4, 0.5) is 11.4 Å². The molecule has 1 fully saturated rings. The van der Waals surface area contributed by atoms with E-state index in [-0.39, 0.29) is 6.54 Å². The number of carbonyl (C=O) groups is 2. The van der Waals surface area contributed by atoms with Crippen LogP contribution in [0, 0.1) is 6.92 Å². The Bertz CT molecular complexity index is 1380. The number of rotatable bonds is 4. The lowest BCUT2D eigenvalue weighted by molar-refractivity contribution is -0.123. The lowest BCUT2D eigenvalue weighted by atomic mass is 10.0. The predicted octanol–water partition coefficient (Wildman–Crippen LogP) is 3.72. The van der Waals surface area contributed by atoms with Gasteiger partial charge in [-0.1, -0.05) is 67.1 Å². The van der Waals surface area contributed by atoms with Crippen LogP contribution in [0.15, 0.2) is 72.8 Å². The molecule has 0 aromatic heterocycles. The van der Waals surface area contributed by atoms with Crippen molar-refractivity contribution in [3.8, 4) is 0 Å². The Morgan fingerprint density at radius 1 is 0.909 bits per heavy atom. The molecule has 2 aliphatic rings. The molecule has 0 N–H and O–H groups in total. The molecule has 1 atom stereocenters. The number of para-hydroxylation sites is 1. The molecule has 0 bridgehead atoms. The van der Waals surface area contributed by atoms with Crippen molar-refractivity contribution in [2.45, 2.75) is 31.7 Å². The molecule has 7 heteroatoms. The number of nitrogens with zero attached hydrogens (tertiary/aromatic N) is 2. The zero-order valence-corrected chi connectivity index (χ0v) is 19.3. The number of carbonyl (C=O) groups excluding carboxylic acids is 2. The summed E-state index contributed by atoms with van der Waals surface area (Å²) < 4.78 is 27.2. The fourth-order valence-electron chi connectivity index (χ4n) is 4.92.